The van der Waals surface area contributed by atoms with Gasteiger partial charge in [-0.2, -0.15) is 0 Å². The first-order valence-electron chi connectivity index (χ1n) is 7.71. The van der Waals surface area contributed by atoms with E-state index in [0.29, 0.717) is 5.92 Å². The summed E-state index contributed by atoms with van der Waals surface area (Å²) < 4.78 is 0. The van der Waals surface area contributed by atoms with Crippen LogP contribution in [0.3, 0.4) is 0 Å². The highest BCUT2D eigenvalue weighted by atomic mass is 35.5. The molecule has 1 fully saturated rings. The van der Waals surface area contributed by atoms with E-state index in [1.165, 1.54) is 30.4 Å². The molecule has 108 valence electrons. The minimum absolute atomic E-state index is 0.0951. The van der Waals surface area contributed by atoms with Crippen molar-refractivity contribution in [2.75, 3.05) is 12.4 Å². The molecule has 0 amide bonds. The summed E-state index contributed by atoms with van der Waals surface area (Å²) in [7, 11) is 0. The molecule has 1 aliphatic heterocycles. The first kappa shape index (κ1) is 14.1. The highest BCUT2D eigenvalue weighted by Crippen LogP contribution is 2.43. The van der Waals surface area contributed by atoms with Gasteiger partial charge in [0.15, 0.2) is 5.78 Å². The molecule has 0 aromatic heterocycles. The molecule has 1 unspecified atom stereocenters. The van der Waals surface area contributed by atoms with Gasteiger partial charge in [-0.05, 0) is 36.3 Å². The number of Topliss-reactive ketones (excluding diaryl/α,β-unsaturated/α-hetero) is 1. The topological polar surface area (TPSA) is 29.1 Å². The van der Waals surface area contributed by atoms with E-state index in [0.717, 1.165) is 25.8 Å². The fourth-order valence-corrected chi connectivity index (χ4v) is 4.31. The summed E-state index contributed by atoms with van der Waals surface area (Å²) >= 11 is 5.97. The maximum absolute atomic E-state index is 12.8. The number of rotatable bonds is 3. The lowest BCUT2D eigenvalue weighted by atomic mass is 9.66. The Balaban J connectivity index is 2.09. The summed E-state index contributed by atoms with van der Waals surface area (Å²) in [6.45, 7) is 0.871. The lowest BCUT2D eigenvalue weighted by Gasteiger charge is -2.45. The molecular formula is C17H22ClNO. The van der Waals surface area contributed by atoms with Crippen molar-refractivity contribution in [2.45, 2.75) is 44.1 Å². The molecule has 0 radical (unpaired) electrons. The number of hydrogen-bond acceptors (Lipinski definition) is 2. The van der Waals surface area contributed by atoms with E-state index in [9.17, 15) is 4.79 Å². The molecule has 1 aliphatic carbocycles. The van der Waals surface area contributed by atoms with Gasteiger partial charge in [0.25, 0.3) is 0 Å². The Hall–Kier alpha value is -0.860. The molecule has 3 rings (SSSR count). The second kappa shape index (κ2) is 5.87. The van der Waals surface area contributed by atoms with Crippen molar-refractivity contribution in [2.24, 2.45) is 5.92 Å². The average Bonchev–Trinajstić information content (AvgIpc) is 2.54. The van der Waals surface area contributed by atoms with Crippen LogP contribution in [0.1, 0.15) is 43.2 Å². The summed E-state index contributed by atoms with van der Waals surface area (Å²) in [6.07, 6.45) is 7.01. The van der Waals surface area contributed by atoms with Crippen molar-refractivity contribution < 1.29 is 4.79 Å². The van der Waals surface area contributed by atoms with Crippen LogP contribution in [0.2, 0.25) is 0 Å². The average molecular weight is 292 g/mol. The molecule has 0 spiro atoms. The van der Waals surface area contributed by atoms with Gasteiger partial charge in [0, 0.05) is 6.54 Å². The van der Waals surface area contributed by atoms with Gasteiger partial charge in [0.05, 0.1) is 5.88 Å². The van der Waals surface area contributed by atoms with Gasteiger partial charge in [-0.1, -0.05) is 43.5 Å². The number of carbonyl (C=O) groups is 1. The van der Waals surface area contributed by atoms with Gasteiger partial charge in [-0.15, -0.1) is 11.6 Å². The minimum atomic E-state index is -0.531. The van der Waals surface area contributed by atoms with Crippen LogP contribution < -0.4 is 5.32 Å². The Morgan fingerprint density at radius 1 is 1.25 bits per heavy atom. The predicted molar refractivity (Wildman–Crippen MR) is 82.1 cm³/mol. The molecule has 1 aromatic carbocycles. The molecule has 2 nitrogen and oxygen atoms in total. The van der Waals surface area contributed by atoms with Crippen LogP contribution in [-0.4, -0.2) is 18.2 Å². The number of hydrogen-bond donors (Lipinski definition) is 1. The number of alkyl halides is 1. The number of benzene rings is 1. The minimum Gasteiger partial charge on any atom is -0.301 e. The van der Waals surface area contributed by atoms with Gasteiger partial charge >= 0.3 is 0 Å². The van der Waals surface area contributed by atoms with E-state index in [-0.39, 0.29) is 11.7 Å². The number of ketones is 1. The van der Waals surface area contributed by atoms with E-state index in [2.05, 4.69) is 23.5 Å². The van der Waals surface area contributed by atoms with Crippen LogP contribution in [0.25, 0.3) is 0 Å². The molecule has 1 N–H and O–H groups in total. The van der Waals surface area contributed by atoms with E-state index < -0.39 is 5.54 Å². The van der Waals surface area contributed by atoms with Gasteiger partial charge in [-0.3, -0.25) is 4.79 Å². The van der Waals surface area contributed by atoms with E-state index in [1.807, 2.05) is 6.07 Å². The monoisotopic (exact) mass is 291 g/mol. The fourth-order valence-electron chi connectivity index (χ4n) is 4.09. The maximum Gasteiger partial charge on any atom is 0.172 e. The lowest BCUT2D eigenvalue weighted by molar-refractivity contribution is -0.126. The van der Waals surface area contributed by atoms with Crippen molar-refractivity contribution in [3.05, 3.63) is 35.4 Å². The molecule has 3 heteroatoms. The Labute approximate surface area is 125 Å². The van der Waals surface area contributed by atoms with Crippen molar-refractivity contribution >= 4 is 17.4 Å². The Morgan fingerprint density at radius 2 is 2.00 bits per heavy atom. The third-order valence-electron chi connectivity index (χ3n) is 5.02. The number of nitrogens with one attached hydrogen (secondary N) is 1. The van der Waals surface area contributed by atoms with Crippen LogP contribution in [0.4, 0.5) is 0 Å². The first-order chi connectivity index (χ1) is 9.79. The first-order valence-corrected chi connectivity index (χ1v) is 8.25. The van der Waals surface area contributed by atoms with E-state index in [1.54, 1.807) is 0 Å². The molecule has 20 heavy (non-hydrogen) atoms. The third-order valence-corrected chi connectivity index (χ3v) is 5.26. The zero-order valence-electron chi connectivity index (χ0n) is 11.8. The Kier molecular flexibility index (Phi) is 4.13. The summed E-state index contributed by atoms with van der Waals surface area (Å²) in [5, 5.41) is 3.58. The second-order valence-electron chi connectivity index (χ2n) is 6.03. The van der Waals surface area contributed by atoms with Crippen LogP contribution in [-0.2, 0) is 16.8 Å². The third kappa shape index (κ3) is 2.19. The molecule has 1 heterocycles. The number of carbonyl (C=O) groups excluding carboxylic acids is 1. The van der Waals surface area contributed by atoms with Gasteiger partial charge < -0.3 is 5.32 Å². The van der Waals surface area contributed by atoms with Gasteiger partial charge in [-0.25, -0.2) is 0 Å². The van der Waals surface area contributed by atoms with Crippen molar-refractivity contribution in [1.29, 1.82) is 0 Å². The quantitative estimate of drug-likeness (QED) is 0.865. The summed E-state index contributed by atoms with van der Waals surface area (Å²) in [5.41, 5.74) is 1.97. The molecule has 0 bridgehead atoms. The summed E-state index contributed by atoms with van der Waals surface area (Å²) in [4.78, 5) is 12.8. The number of fused-ring (bicyclic) bond motifs is 1. The molecule has 1 atom stereocenters. The Morgan fingerprint density at radius 3 is 2.75 bits per heavy atom. The highest BCUT2D eigenvalue weighted by molar-refractivity contribution is 6.29. The molecule has 2 aliphatic rings. The summed E-state index contributed by atoms with van der Waals surface area (Å²) in [5.74, 6) is 0.639. The van der Waals surface area contributed by atoms with Crippen LogP contribution in [0.5, 0.6) is 0 Å². The SMILES string of the molecule is O=C(CCl)C1(C2CCCCC2)NCCc2ccccc21. The summed E-state index contributed by atoms with van der Waals surface area (Å²) in [6, 6.07) is 8.40. The zero-order chi connectivity index (χ0) is 14.0. The zero-order valence-corrected chi connectivity index (χ0v) is 12.6. The largest absolute Gasteiger partial charge is 0.301 e. The standard InChI is InChI=1S/C17H22ClNO/c18-12-16(20)17(14-7-2-1-3-8-14)15-9-5-4-6-13(15)10-11-19-17/h4-6,9,14,19H,1-3,7-8,10-12H2. The van der Waals surface area contributed by atoms with Crippen molar-refractivity contribution in [3.8, 4) is 0 Å². The Bertz CT molecular complexity index is 496. The second-order valence-corrected chi connectivity index (χ2v) is 6.30. The molecule has 1 aromatic rings. The van der Waals surface area contributed by atoms with E-state index in [4.69, 9.17) is 11.6 Å². The van der Waals surface area contributed by atoms with Crippen LogP contribution in [0.15, 0.2) is 24.3 Å². The van der Waals surface area contributed by atoms with Gasteiger partial charge in [0.1, 0.15) is 5.54 Å². The van der Waals surface area contributed by atoms with Crippen molar-refractivity contribution in [1.82, 2.24) is 5.32 Å². The molecule has 1 saturated carbocycles. The molecule has 0 saturated heterocycles. The highest BCUT2D eigenvalue weighted by Gasteiger charge is 2.48. The van der Waals surface area contributed by atoms with Crippen LogP contribution in [0, 0.1) is 5.92 Å². The fraction of sp³-hybridized carbons (Fsp3) is 0.588. The van der Waals surface area contributed by atoms with Crippen LogP contribution >= 0.6 is 11.6 Å². The van der Waals surface area contributed by atoms with Gasteiger partial charge in [0.2, 0.25) is 0 Å². The smallest absolute Gasteiger partial charge is 0.172 e. The lowest BCUT2D eigenvalue weighted by Crippen LogP contribution is -2.58. The van der Waals surface area contributed by atoms with Crippen molar-refractivity contribution in [3.63, 3.8) is 0 Å². The van der Waals surface area contributed by atoms with E-state index >= 15 is 0 Å². The predicted octanol–water partition coefficient (Wildman–Crippen LogP) is 3.42. The molecular weight excluding hydrogens is 270 g/mol. The number of halogens is 1. The normalized spacial score (nSPS) is 27.1. The maximum atomic E-state index is 12.8.